The molecule has 0 aliphatic carbocycles. The average molecular weight is 306 g/mol. The van der Waals surface area contributed by atoms with Gasteiger partial charge in [-0.25, -0.2) is 4.98 Å². The van der Waals surface area contributed by atoms with E-state index in [2.05, 4.69) is 10.3 Å². The topological polar surface area (TPSA) is 97.5 Å². The minimum Gasteiger partial charge on any atom is -0.476 e. The van der Waals surface area contributed by atoms with Crippen molar-refractivity contribution < 1.29 is 14.3 Å². The molecule has 0 radical (unpaired) electrons. The largest absolute Gasteiger partial charge is 0.476 e. The van der Waals surface area contributed by atoms with E-state index in [1.54, 1.807) is 12.1 Å². The summed E-state index contributed by atoms with van der Waals surface area (Å²) in [7, 11) is 0. The van der Waals surface area contributed by atoms with Gasteiger partial charge in [-0.15, -0.1) is 0 Å². The highest BCUT2D eigenvalue weighted by atomic mass is 16.5. The summed E-state index contributed by atoms with van der Waals surface area (Å²) < 4.78 is 5.71. The van der Waals surface area contributed by atoms with Crippen molar-refractivity contribution in [3.63, 3.8) is 0 Å². The van der Waals surface area contributed by atoms with Gasteiger partial charge in [-0.05, 0) is 24.5 Å². The first-order valence-electron chi connectivity index (χ1n) is 7.45. The Kier molecular flexibility index (Phi) is 4.85. The lowest BCUT2D eigenvalue weighted by Gasteiger charge is -2.34. The standard InChI is InChI=1S/C15H22N4O3/c1-4-7-17-12(20)8-19-14-10(5-6-11(16)18-14)22-13(9(2)3)15(19)21/h5-6,9,13H,4,7-8H2,1-3H3,(H2,16,18)(H,17,20). The molecule has 7 heteroatoms. The van der Waals surface area contributed by atoms with Crippen LogP contribution in [0.25, 0.3) is 0 Å². The number of aromatic nitrogens is 1. The van der Waals surface area contributed by atoms with Crippen LogP contribution >= 0.6 is 0 Å². The number of amides is 2. The first kappa shape index (κ1) is 16.1. The number of fused-ring (bicyclic) bond motifs is 1. The maximum Gasteiger partial charge on any atom is 0.270 e. The number of hydrogen-bond acceptors (Lipinski definition) is 5. The molecule has 0 saturated heterocycles. The summed E-state index contributed by atoms with van der Waals surface area (Å²) in [5, 5.41) is 2.76. The SMILES string of the molecule is CCCNC(=O)CN1C(=O)C(C(C)C)Oc2ccc(N)nc21. The van der Waals surface area contributed by atoms with Crippen LogP contribution < -0.4 is 20.7 Å². The number of anilines is 2. The van der Waals surface area contributed by atoms with E-state index in [9.17, 15) is 9.59 Å². The normalized spacial score (nSPS) is 17.2. The minimum atomic E-state index is -0.628. The molecule has 2 heterocycles. The van der Waals surface area contributed by atoms with Gasteiger partial charge < -0.3 is 15.8 Å². The van der Waals surface area contributed by atoms with Crippen LogP contribution in [0.3, 0.4) is 0 Å². The fourth-order valence-electron chi connectivity index (χ4n) is 2.22. The van der Waals surface area contributed by atoms with E-state index >= 15 is 0 Å². The predicted octanol–water partition coefficient (Wildman–Crippen LogP) is 0.940. The lowest BCUT2D eigenvalue weighted by atomic mass is 10.0. The van der Waals surface area contributed by atoms with E-state index in [1.165, 1.54) is 4.90 Å². The molecule has 0 bridgehead atoms. The van der Waals surface area contributed by atoms with E-state index in [1.807, 2.05) is 20.8 Å². The average Bonchev–Trinajstić information content (AvgIpc) is 2.47. The zero-order valence-electron chi connectivity index (χ0n) is 13.1. The first-order chi connectivity index (χ1) is 10.4. The summed E-state index contributed by atoms with van der Waals surface area (Å²) in [4.78, 5) is 30.1. The van der Waals surface area contributed by atoms with Gasteiger partial charge in [0.2, 0.25) is 5.91 Å². The Balaban J connectivity index is 2.30. The summed E-state index contributed by atoms with van der Waals surface area (Å²) in [6, 6.07) is 3.29. The van der Waals surface area contributed by atoms with E-state index in [0.29, 0.717) is 18.1 Å². The molecule has 7 nitrogen and oxygen atoms in total. The van der Waals surface area contributed by atoms with Gasteiger partial charge in [0.05, 0.1) is 0 Å². The molecule has 22 heavy (non-hydrogen) atoms. The highest BCUT2D eigenvalue weighted by Crippen LogP contribution is 2.34. The van der Waals surface area contributed by atoms with Crippen molar-refractivity contribution in [2.75, 3.05) is 23.7 Å². The molecule has 2 rings (SSSR count). The van der Waals surface area contributed by atoms with Crippen LogP contribution in [0.1, 0.15) is 27.2 Å². The Morgan fingerprint density at radius 2 is 2.23 bits per heavy atom. The van der Waals surface area contributed by atoms with Crippen LogP contribution in [0.2, 0.25) is 0 Å². The maximum absolute atomic E-state index is 12.6. The van der Waals surface area contributed by atoms with Gasteiger partial charge in [0.25, 0.3) is 5.91 Å². The number of pyridine rings is 1. The Labute approximate surface area is 129 Å². The molecule has 0 spiro atoms. The van der Waals surface area contributed by atoms with Gasteiger partial charge in [0.1, 0.15) is 12.4 Å². The van der Waals surface area contributed by atoms with Crippen molar-refractivity contribution in [2.24, 2.45) is 5.92 Å². The lowest BCUT2D eigenvalue weighted by molar-refractivity contribution is -0.130. The van der Waals surface area contributed by atoms with Gasteiger partial charge in [-0.2, -0.15) is 0 Å². The quantitative estimate of drug-likeness (QED) is 0.843. The molecule has 0 saturated carbocycles. The number of nitrogen functional groups attached to an aromatic ring is 1. The molecule has 1 aromatic heterocycles. The van der Waals surface area contributed by atoms with Gasteiger partial charge in [0, 0.05) is 6.54 Å². The number of carbonyl (C=O) groups is 2. The maximum atomic E-state index is 12.6. The number of rotatable bonds is 5. The first-order valence-corrected chi connectivity index (χ1v) is 7.45. The van der Waals surface area contributed by atoms with E-state index in [4.69, 9.17) is 10.5 Å². The molecule has 1 unspecified atom stereocenters. The Morgan fingerprint density at radius 1 is 1.50 bits per heavy atom. The second kappa shape index (κ2) is 6.64. The van der Waals surface area contributed by atoms with Gasteiger partial charge in [0.15, 0.2) is 17.7 Å². The Bertz CT molecular complexity index is 574. The van der Waals surface area contributed by atoms with Crippen LogP contribution in [0, 0.1) is 5.92 Å². The van der Waals surface area contributed by atoms with Gasteiger partial charge in [-0.3, -0.25) is 14.5 Å². The summed E-state index contributed by atoms with van der Waals surface area (Å²) in [6.45, 7) is 6.24. The van der Waals surface area contributed by atoms with Crippen molar-refractivity contribution >= 4 is 23.5 Å². The smallest absolute Gasteiger partial charge is 0.270 e. The molecule has 0 aromatic carbocycles. The van der Waals surface area contributed by atoms with Crippen LogP contribution in [-0.2, 0) is 9.59 Å². The number of nitrogens with one attached hydrogen (secondary N) is 1. The number of hydrogen-bond donors (Lipinski definition) is 2. The van der Waals surface area contributed by atoms with Crippen LogP contribution in [0.5, 0.6) is 5.75 Å². The molecular formula is C15H22N4O3. The highest BCUT2D eigenvalue weighted by molar-refractivity contribution is 6.03. The summed E-state index contributed by atoms with van der Waals surface area (Å²) >= 11 is 0. The van der Waals surface area contributed by atoms with Crippen molar-refractivity contribution in [3.8, 4) is 5.75 Å². The Hall–Kier alpha value is -2.31. The highest BCUT2D eigenvalue weighted by Gasteiger charge is 2.38. The zero-order valence-corrected chi connectivity index (χ0v) is 13.1. The van der Waals surface area contributed by atoms with E-state index < -0.39 is 6.10 Å². The van der Waals surface area contributed by atoms with Crippen molar-refractivity contribution in [2.45, 2.75) is 33.3 Å². The van der Waals surface area contributed by atoms with E-state index in [0.717, 1.165) is 6.42 Å². The second-order valence-corrected chi connectivity index (χ2v) is 5.61. The molecule has 0 fully saturated rings. The molecular weight excluding hydrogens is 284 g/mol. The van der Waals surface area contributed by atoms with E-state index in [-0.39, 0.29) is 30.1 Å². The Morgan fingerprint density at radius 3 is 2.86 bits per heavy atom. The predicted molar refractivity (Wildman–Crippen MR) is 83.6 cm³/mol. The number of nitrogens with zero attached hydrogens (tertiary/aromatic N) is 2. The van der Waals surface area contributed by atoms with Crippen LogP contribution in [0.15, 0.2) is 12.1 Å². The zero-order chi connectivity index (χ0) is 16.3. The number of ether oxygens (including phenoxy) is 1. The van der Waals surface area contributed by atoms with Crippen molar-refractivity contribution in [3.05, 3.63) is 12.1 Å². The molecule has 1 aliphatic rings. The monoisotopic (exact) mass is 306 g/mol. The molecule has 2 amide bonds. The fourth-order valence-corrected chi connectivity index (χ4v) is 2.22. The third-order valence-corrected chi connectivity index (χ3v) is 3.36. The summed E-state index contributed by atoms with van der Waals surface area (Å²) in [6.07, 6.45) is 0.205. The summed E-state index contributed by atoms with van der Waals surface area (Å²) in [5.74, 6) is 0.530. The van der Waals surface area contributed by atoms with Crippen LogP contribution in [0.4, 0.5) is 11.6 Å². The molecule has 3 N–H and O–H groups in total. The van der Waals surface area contributed by atoms with Crippen LogP contribution in [-0.4, -0.2) is 36.0 Å². The van der Waals surface area contributed by atoms with Crippen molar-refractivity contribution in [1.82, 2.24) is 10.3 Å². The second-order valence-electron chi connectivity index (χ2n) is 5.61. The fraction of sp³-hybridized carbons (Fsp3) is 0.533. The third kappa shape index (κ3) is 3.29. The van der Waals surface area contributed by atoms with Gasteiger partial charge >= 0.3 is 0 Å². The minimum absolute atomic E-state index is 0.0144. The molecule has 1 atom stereocenters. The third-order valence-electron chi connectivity index (χ3n) is 3.36. The molecule has 1 aromatic rings. The van der Waals surface area contributed by atoms with Crippen molar-refractivity contribution in [1.29, 1.82) is 0 Å². The summed E-state index contributed by atoms with van der Waals surface area (Å²) in [5.41, 5.74) is 5.69. The molecule has 120 valence electrons. The van der Waals surface area contributed by atoms with Gasteiger partial charge in [-0.1, -0.05) is 20.8 Å². The number of carbonyl (C=O) groups excluding carboxylic acids is 2. The lowest BCUT2D eigenvalue weighted by Crippen LogP contribution is -2.52. The molecule has 1 aliphatic heterocycles. The number of nitrogens with two attached hydrogens (primary N) is 1.